The van der Waals surface area contributed by atoms with Crippen LogP contribution in [0, 0.1) is 0 Å². The molecule has 13 aromatic carbocycles. The van der Waals surface area contributed by atoms with Crippen molar-refractivity contribution in [1.82, 2.24) is 29.4 Å². The van der Waals surface area contributed by atoms with Gasteiger partial charge in [0, 0.05) is 117 Å². The summed E-state index contributed by atoms with van der Waals surface area (Å²) < 4.78 is 0. The van der Waals surface area contributed by atoms with Crippen molar-refractivity contribution >= 4 is 41.4 Å². The van der Waals surface area contributed by atoms with Crippen LogP contribution in [0.1, 0.15) is 216 Å². The Balaban J connectivity index is 0.735. The Morgan fingerprint density at radius 2 is 0.310 bits per heavy atom. The van der Waals surface area contributed by atoms with Crippen LogP contribution in [0.5, 0.6) is 0 Å². The largest absolute Gasteiger partial charge is 0.366 e. The monoisotopic (exact) mass is 1710 g/mol. The zero-order valence-electron chi connectivity index (χ0n) is 74.4. The minimum Gasteiger partial charge on any atom is -0.366 e. The van der Waals surface area contributed by atoms with Crippen molar-refractivity contribution in [3.8, 4) is 0 Å². The number of benzene rings is 13. The van der Waals surface area contributed by atoms with Crippen molar-refractivity contribution in [2.24, 2.45) is 5.73 Å². The molecule has 0 saturated carbocycles. The van der Waals surface area contributed by atoms with Gasteiger partial charge in [-0.15, -0.1) is 0 Å². The average Bonchev–Trinajstić information content (AvgIpc) is 0.854. The van der Waals surface area contributed by atoms with Crippen molar-refractivity contribution in [1.29, 1.82) is 0 Å². The number of aryl methyl sites for hydroxylation is 6. The minimum atomic E-state index is -0.535. The molecule has 2 N–H and O–H groups in total. The molecule has 0 unspecified atom stereocenters. The summed E-state index contributed by atoms with van der Waals surface area (Å²) in [6, 6.07) is 117. The first-order chi connectivity index (χ1) is 63.3. The van der Waals surface area contributed by atoms with Crippen LogP contribution in [0.25, 0.3) is 0 Å². The van der Waals surface area contributed by atoms with Gasteiger partial charge < -0.3 is 35.1 Å². The molecule has 0 aromatic heterocycles. The highest BCUT2D eigenvalue weighted by Gasteiger charge is 2.27. The highest BCUT2D eigenvalue weighted by atomic mass is 16.2. The van der Waals surface area contributed by atoms with Gasteiger partial charge in [0.2, 0.25) is 5.91 Å². The number of carbonyl (C=O) groups is 7. The van der Waals surface area contributed by atoms with Crippen molar-refractivity contribution < 1.29 is 33.6 Å². The number of amides is 7. The molecule has 129 heavy (non-hydrogen) atoms. The van der Waals surface area contributed by atoms with E-state index in [4.69, 9.17) is 5.73 Å². The highest BCUT2D eigenvalue weighted by Crippen LogP contribution is 2.26. The van der Waals surface area contributed by atoms with Gasteiger partial charge in [-0.25, -0.2) is 0 Å². The van der Waals surface area contributed by atoms with Crippen LogP contribution in [0.15, 0.2) is 358 Å². The van der Waals surface area contributed by atoms with E-state index in [1.807, 2.05) is 248 Å². The molecule has 13 aromatic rings. The summed E-state index contributed by atoms with van der Waals surface area (Å²) in [6.07, 6.45) is 14.9. The quantitative estimate of drug-likeness (QED) is 0.0371. The number of hydrogen-bond acceptors (Lipinski definition) is 7. The Morgan fingerprint density at radius 1 is 0.163 bits per heavy atom. The number of rotatable bonds is 49. The lowest BCUT2D eigenvalue weighted by Crippen LogP contribution is -2.34. The summed E-state index contributed by atoms with van der Waals surface area (Å²) in [7, 11) is 0. The molecule has 0 saturated heterocycles. The van der Waals surface area contributed by atoms with Crippen LogP contribution in [-0.4, -0.2) is 110 Å². The molecule has 0 atom stereocenters. The van der Waals surface area contributed by atoms with Gasteiger partial charge in [-0.2, -0.15) is 0 Å². The molecule has 14 heteroatoms. The molecule has 0 fully saturated rings. The van der Waals surface area contributed by atoms with Gasteiger partial charge in [0.05, 0.1) is 0 Å². The Bertz CT molecular complexity index is 5700. The van der Waals surface area contributed by atoms with E-state index in [0.29, 0.717) is 84.8 Å². The van der Waals surface area contributed by atoms with Crippen LogP contribution in [0.4, 0.5) is 0 Å². The lowest BCUT2D eigenvalue weighted by molar-refractivity contribution is 0.0726. The summed E-state index contributed by atoms with van der Waals surface area (Å²) in [5.41, 5.74) is 21.5. The number of primary amides is 1. The summed E-state index contributed by atoms with van der Waals surface area (Å²) in [4.78, 5) is 115. The molecule has 0 aliphatic rings. The fraction of sp³-hybridized carbons (Fsp3) is 0.261. The number of nitrogens with zero attached hydrogens (tertiary/aromatic N) is 6. The van der Waals surface area contributed by atoms with Gasteiger partial charge in [-0.3, -0.25) is 33.6 Å². The Kier molecular flexibility index (Phi) is 35.9. The maximum atomic E-state index is 15.6. The van der Waals surface area contributed by atoms with E-state index in [9.17, 15) is 14.4 Å². The van der Waals surface area contributed by atoms with E-state index >= 15 is 19.2 Å². The first-order valence-corrected chi connectivity index (χ1v) is 46.1. The van der Waals surface area contributed by atoms with Gasteiger partial charge in [0.15, 0.2) is 0 Å². The summed E-state index contributed by atoms with van der Waals surface area (Å²) >= 11 is 0. The van der Waals surface area contributed by atoms with Crippen LogP contribution in [-0.2, 0) is 77.8 Å². The first-order valence-electron chi connectivity index (χ1n) is 46.1. The fourth-order valence-corrected chi connectivity index (χ4v) is 17.0. The smallest absolute Gasteiger partial charge is 0.254 e. The average molecular weight is 1710 g/mol. The second-order valence-corrected chi connectivity index (χ2v) is 33.9. The molecule has 0 aliphatic heterocycles. The van der Waals surface area contributed by atoms with Gasteiger partial charge in [-0.1, -0.05) is 273 Å². The van der Waals surface area contributed by atoms with Gasteiger partial charge >= 0.3 is 0 Å². The van der Waals surface area contributed by atoms with E-state index in [1.165, 1.54) is 33.4 Å². The van der Waals surface area contributed by atoms with Crippen molar-refractivity contribution in [2.45, 2.75) is 155 Å². The number of carbonyl (C=O) groups excluding carboxylic acids is 7. The van der Waals surface area contributed by atoms with E-state index in [0.717, 1.165) is 149 Å². The van der Waals surface area contributed by atoms with Gasteiger partial charge in [-0.05, 0) is 267 Å². The SMILES string of the molecule is NC(=O)c1cccc(CN(CCCCc2ccccc2)C(=O)c2cccc(CN(CCCCc3ccccc3)C(=O)c3cccc(CN(CCCCc4ccccc4)C(=O)c4cccc(CN(CCCCc5ccccc5)C(=O)c5cccc(CN(CCCCc6ccccc6)C(=O)c6cccc(CN(CCCCc7ccccc7)C(=O)c7ccccc7)c6)c5)c4)c3)c2)c1. The Labute approximate surface area is 763 Å². The van der Waals surface area contributed by atoms with Crippen LogP contribution in [0.2, 0.25) is 0 Å². The number of nitrogens with two attached hydrogens (primary N) is 1. The fourth-order valence-electron chi connectivity index (χ4n) is 17.0. The predicted octanol–water partition coefficient (Wildman–Crippen LogP) is 22.8. The molecule has 13 rings (SSSR count). The maximum Gasteiger partial charge on any atom is 0.254 e. The second kappa shape index (κ2) is 49.9. The lowest BCUT2D eigenvalue weighted by atomic mass is 10.0. The molecule has 0 aliphatic carbocycles. The van der Waals surface area contributed by atoms with E-state index in [1.54, 1.807) is 18.2 Å². The molecule has 0 heterocycles. The van der Waals surface area contributed by atoms with Gasteiger partial charge in [0.1, 0.15) is 0 Å². The number of hydrogen-bond donors (Lipinski definition) is 1. The molecule has 0 radical (unpaired) electrons. The zero-order chi connectivity index (χ0) is 89.4. The number of unbranched alkanes of at least 4 members (excludes halogenated alkanes) is 6. The van der Waals surface area contributed by atoms with Crippen LogP contribution >= 0.6 is 0 Å². The van der Waals surface area contributed by atoms with E-state index in [-0.39, 0.29) is 68.2 Å². The van der Waals surface area contributed by atoms with Crippen LogP contribution < -0.4 is 5.73 Å². The van der Waals surface area contributed by atoms with Crippen LogP contribution in [0.3, 0.4) is 0 Å². The van der Waals surface area contributed by atoms with Crippen molar-refractivity contribution in [3.63, 3.8) is 0 Å². The van der Waals surface area contributed by atoms with Crippen molar-refractivity contribution in [2.75, 3.05) is 39.3 Å². The van der Waals surface area contributed by atoms with Gasteiger partial charge in [0.25, 0.3) is 35.4 Å². The Morgan fingerprint density at radius 3 is 0.496 bits per heavy atom. The maximum absolute atomic E-state index is 15.6. The summed E-state index contributed by atoms with van der Waals surface area (Å²) in [5, 5.41) is 0. The molecule has 7 amide bonds. The zero-order valence-corrected chi connectivity index (χ0v) is 74.4. The summed E-state index contributed by atoms with van der Waals surface area (Å²) in [6.45, 7) is 4.43. The second-order valence-electron chi connectivity index (χ2n) is 33.9. The molecule has 14 nitrogen and oxygen atoms in total. The lowest BCUT2D eigenvalue weighted by Gasteiger charge is -2.26. The normalized spacial score (nSPS) is 11.0. The predicted molar refractivity (Wildman–Crippen MR) is 518 cm³/mol. The Hall–Kier alpha value is -13.9. The third-order valence-electron chi connectivity index (χ3n) is 24.0. The molecular weight excluding hydrogens is 1590 g/mol. The molecule has 0 bridgehead atoms. The third kappa shape index (κ3) is 29.6. The van der Waals surface area contributed by atoms with Crippen molar-refractivity contribution in [3.05, 3.63) is 464 Å². The standard InChI is InChI=1S/C115H121N7O7/c116-109(123)103-66-34-58-96(78-103)84-118(73-29-23-53-91-42-10-2-11-43-91)111(125)105-68-36-60-98(80-105)86-120(75-31-25-55-93-46-14-4-15-47-93)113(127)107-70-38-62-100(82-107)88-122(77-33-27-57-95-50-18-6-19-51-95)115(129)108-71-39-63-101(83-108)89-121(76-32-26-56-94-48-16-5-17-49-94)114(128)106-69-37-61-99(81-106)87-119(74-30-24-54-92-44-12-3-13-45-92)112(126)104-67-35-59-97(79-104)85-117(110(124)102-64-20-7-21-65-102)72-28-22-52-90-40-8-1-9-41-90/h1-21,34-51,58-71,78-83H,22-33,52-57,72-77,84-89H2,(H2,116,123). The minimum absolute atomic E-state index is 0.0564. The highest BCUT2D eigenvalue weighted by molar-refractivity contribution is 5.98. The molecule has 0 spiro atoms. The molecular formula is C115H121N7O7. The third-order valence-corrected chi connectivity index (χ3v) is 24.0. The van der Waals surface area contributed by atoms with E-state index in [2.05, 4.69) is 121 Å². The molecule has 658 valence electrons. The topological polar surface area (TPSA) is 165 Å². The first kappa shape index (κ1) is 92.8. The van der Waals surface area contributed by atoms with E-state index < -0.39 is 5.91 Å². The summed E-state index contributed by atoms with van der Waals surface area (Å²) in [5.74, 6) is -1.38.